The summed E-state index contributed by atoms with van der Waals surface area (Å²) < 4.78 is 5.03. The van der Waals surface area contributed by atoms with Gasteiger partial charge in [-0.2, -0.15) is 0 Å². The summed E-state index contributed by atoms with van der Waals surface area (Å²) in [5.74, 6) is 6.55. The zero-order valence-electron chi connectivity index (χ0n) is 9.41. The molecule has 0 aromatic carbocycles. The van der Waals surface area contributed by atoms with Crippen molar-refractivity contribution >= 4 is 5.91 Å². The minimum Gasteiger partial charge on any atom is -0.495 e. The number of aromatic nitrogens is 1. The van der Waals surface area contributed by atoms with Crippen molar-refractivity contribution in [1.82, 2.24) is 10.3 Å². The van der Waals surface area contributed by atoms with Crippen LogP contribution in [-0.4, -0.2) is 24.5 Å². The van der Waals surface area contributed by atoms with Gasteiger partial charge >= 0.3 is 0 Å². The molecular weight excluding hydrogens is 204 g/mol. The number of ether oxygens (including phenoxy) is 1. The highest BCUT2D eigenvalue weighted by Gasteiger charge is 1.92. The van der Waals surface area contributed by atoms with E-state index in [0.29, 0.717) is 18.7 Å². The number of nitrogens with one attached hydrogen (secondary N) is 1. The zero-order valence-corrected chi connectivity index (χ0v) is 9.41. The van der Waals surface area contributed by atoms with Crippen LogP contribution in [0.25, 0.3) is 0 Å². The molecule has 1 heterocycles. The average Bonchev–Trinajstić information content (AvgIpc) is 2.28. The molecule has 4 heteroatoms. The average molecular weight is 218 g/mol. The number of rotatable bonds is 3. The van der Waals surface area contributed by atoms with E-state index < -0.39 is 0 Å². The van der Waals surface area contributed by atoms with E-state index in [1.165, 1.54) is 6.92 Å². The molecule has 1 aromatic rings. The van der Waals surface area contributed by atoms with Crippen LogP contribution in [0.1, 0.15) is 18.9 Å². The minimum atomic E-state index is -0.0372. The second-order valence-electron chi connectivity index (χ2n) is 3.15. The van der Waals surface area contributed by atoms with Gasteiger partial charge in [0.2, 0.25) is 5.91 Å². The van der Waals surface area contributed by atoms with Gasteiger partial charge in [-0.1, -0.05) is 11.8 Å². The fourth-order valence-electron chi connectivity index (χ4n) is 1.06. The lowest BCUT2D eigenvalue weighted by molar-refractivity contribution is -0.118. The Hall–Kier alpha value is -2.02. The van der Waals surface area contributed by atoms with Gasteiger partial charge in [-0.25, -0.2) is 0 Å². The van der Waals surface area contributed by atoms with E-state index in [2.05, 4.69) is 22.1 Å². The van der Waals surface area contributed by atoms with Gasteiger partial charge in [0, 0.05) is 31.6 Å². The highest BCUT2D eigenvalue weighted by atomic mass is 16.5. The molecule has 1 N–H and O–H groups in total. The first kappa shape index (κ1) is 12.1. The number of hydrogen-bond acceptors (Lipinski definition) is 3. The molecule has 0 unspecified atom stereocenters. The SMILES string of the molecule is COc1cncc(C#CCCNC(C)=O)c1. The van der Waals surface area contributed by atoms with Crippen molar-refractivity contribution in [1.29, 1.82) is 0 Å². The third-order valence-corrected chi connectivity index (χ3v) is 1.81. The van der Waals surface area contributed by atoms with Crippen molar-refractivity contribution in [3.8, 4) is 17.6 Å². The highest BCUT2D eigenvalue weighted by Crippen LogP contribution is 2.08. The lowest BCUT2D eigenvalue weighted by Gasteiger charge is -1.97. The van der Waals surface area contributed by atoms with Crippen LogP contribution in [0.4, 0.5) is 0 Å². The summed E-state index contributed by atoms with van der Waals surface area (Å²) in [5.41, 5.74) is 0.808. The number of nitrogens with zero attached hydrogens (tertiary/aromatic N) is 1. The largest absolute Gasteiger partial charge is 0.495 e. The first-order chi connectivity index (χ1) is 7.72. The Morgan fingerprint density at radius 1 is 1.56 bits per heavy atom. The van der Waals surface area contributed by atoms with Gasteiger partial charge in [0.05, 0.1) is 13.3 Å². The molecule has 0 atom stereocenters. The van der Waals surface area contributed by atoms with E-state index in [-0.39, 0.29) is 5.91 Å². The van der Waals surface area contributed by atoms with Crippen LogP contribution in [0, 0.1) is 11.8 Å². The molecule has 0 aliphatic carbocycles. The summed E-state index contributed by atoms with van der Waals surface area (Å²) in [5, 5.41) is 2.67. The Morgan fingerprint density at radius 3 is 3.06 bits per heavy atom. The molecule has 1 rings (SSSR count). The molecule has 0 bridgehead atoms. The van der Waals surface area contributed by atoms with Crippen LogP contribution in [0.3, 0.4) is 0 Å². The summed E-state index contributed by atoms with van der Waals surface area (Å²) >= 11 is 0. The fraction of sp³-hybridized carbons (Fsp3) is 0.333. The van der Waals surface area contributed by atoms with E-state index in [1.807, 2.05) is 6.07 Å². The van der Waals surface area contributed by atoms with E-state index >= 15 is 0 Å². The molecule has 1 aromatic heterocycles. The summed E-state index contributed by atoms with van der Waals surface area (Å²) in [4.78, 5) is 14.6. The van der Waals surface area contributed by atoms with Crippen LogP contribution >= 0.6 is 0 Å². The maximum absolute atomic E-state index is 10.6. The molecule has 1 amide bonds. The van der Waals surface area contributed by atoms with Gasteiger partial charge in [0.15, 0.2) is 0 Å². The summed E-state index contributed by atoms with van der Waals surface area (Å²) in [6.07, 6.45) is 3.92. The minimum absolute atomic E-state index is 0.0372. The molecule has 0 radical (unpaired) electrons. The van der Waals surface area contributed by atoms with Crippen molar-refractivity contribution in [2.75, 3.05) is 13.7 Å². The Labute approximate surface area is 95.0 Å². The Kier molecular flexibility index (Phi) is 4.87. The number of pyridine rings is 1. The highest BCUT2D eigenvalue weighted by molar-refractivity contribution is 5.72. The molecular formula is C12H14N2O2. The van der Waals surface area contributed by atoms with Crippen molar-refractivity contribution in [2.24, 2.45) is 0 Å². The quantitative estimate of drug-likeness (QED) is 0.607. The van der Waals surface area contributed by atoms with E-state index in [1.54, 1.807) is 19.5 Å². The van der Waals surface area contributed by atoms with Crippen LogP contribution < -0.4 is 10.1 Å². The topological polar surface area (TPSA) is 51.2 Å². The lowest BCUT2D eigenvalue weighted by atomic mass is 10.2. The van der Waals surface area contributed by atoms with Crippen LogP contribution in [0.2, 0.25) is 0 Å². The van der Waals surface area contributed by atoms with Crippen molar-refractivity contribution < 1.29 is 9.53 Å². The molecule has 0 aliphatic heterocycles. The van der Waals surface area contributed by atoms with E-state index in [4.69, 9.17) is 4.74 Å². The Bertz CT molecular complexity index is 419. The van der Waals surface area contributed by atoms with Gasteiger partial charge in [-0.05, 0) is 6.07 Å². The number of methoxy groups -OCH3 is 1. The maximum Gasteiger partial charge on any atom is 0.216 e. The van der Waals surface area contributed by atoms with Crippen molar-refractivity contribution in [3.63, 3.8) is 0 Å². The second-order valence-corrected chi connectivity index (χ2v) is 3.15. The van der Waals surface area contributed by atoms with E-state index in [0.717, 1.165) is 5.56 Å². The zero-order chi connectivity index (χ0) is 11.8. The molecule has 0 spiro atoms. The van der Waals surface area contributed by atoms with Gasteiger partial charge in [0.1, 0.15) is 5.75 Å². The second kappa shape index (κ2) is 6.46. The normalized spacial score (nSPS) is 8.88. The van der Waals surface area contributed by atoms with Gasteiger partial charge < -0.3 is 10.1 Å². The predicted molar refractivity (Wildman–Crippen MR) is 61.0 cm³/mol. The third kappa shape index (κ3) is 4.47. The molecule has 0 saturated heterocycles. The molecule has 16 heavy (non-hydrogen) atoms. The number of carbonyl (C=O) groups is 1. The smallest absolute Gasteiger partial charge is 0.216 e. The van der Waals surface area contributed by atoms with Crippen LogP contribution in [0.15, 0.2) is 18.5 Å². The maximum atomic E-state index is 10.6. The van der Waals surface area contributed by atoms with Crippen molar-refractivity contribution in [3.05, 3.63) is 24.0 Å². The monoisotopic (exact) mass is 218 g/mol. The predicted octanol–water partition coefficient (Wildman–Crippen LogP) is 0.968. The molecule has 0 fully saturated rings. The molecule has 0 saturated carbocycles. The number of hydrogen-bond donors (Lipinski definition) is 1. The van der Waals surface area contributed by atoms with Gasteiger partial charge in [-0.3, -0.25) is 9.78 Å². The molecule has 0 aliphatic rings. The first-order valence-electron chi connectivity index (χ1n) is 4.94. The Balaban J connectivity index is 2.46. The summed E-state index contributed by atoms with van der Waals surface area (Å²) in [6.45, 7) is 2.05. The Morgan fingerprint density at radius 2 is 2.38 bits per heavy atom. The fourth-order valence-corrected chi connectivity index (χ4v) is 1.06. The van der Waals surface area contributed by atoms with Crippen molar-refractivity contribution in [2.45, 2.75) is 13.3 Å². The summed E-state index contributed by atoms with van der Waals surface area (Å²) in [6, 6.07) is 1.82. The first-order valence-corrected chi connectivity index (χ1v) is 4.94. The number of amides is 1. The van der Waals surface area contributed by atoms with Crippen LogP contribution in [-0.2, 0) is 4.79 Å². The van der Waals surface area contributed by atoms with Gasteiger partial charge in [0.25, 0.3) is 0 Å². The van der Waals surface area contributed by atoms with Gasteiger partial charge in [-0.15, -0.1) is 0 Å². The summed E-state index contributed by atoms with van der Waals surface area (Å²) in [7, 11) is 1.59. The standard InChI is InChI=1S/C12H14N2O2/c1-10(15)14-6-4-3-5-11-7-12(16-2)9-13-8-11/h7-9H,4,6H2,1-2H3,(H,14,15). The molecule has 4 nitrogen and oxygen atoms in total. The lowest BCUT2D eigenvalue weighted by Crippen LogP contribution is -2.20. The third-order valence-electron chi connectivity index (χ3n) is 1.81. The molecule has 84 valence electrons. The van der Waals surface area contributed by atoms with E-state index in [9.17, 15) is 4.79 Å². The number of carbonyl (C=O) groups excluding carboxylic acids is 1. The van der Waals surface area contributed by atoms with Crippen LogP contribution in [0.5, 0.6) is 5.75 Å².